The Hall–Kier alpha value is -2.56. The van der Waals surface area contributed by atoms with Crippen molar-refractivity contribution in [3.8, 4) is 0 Å². The van der Waals surface area contributed by atoms with Gasteiger partial charge in [0.2, 0.25) is 0 Å². The van der Waals surface area contributed by atoms with Gasteiger partial charge in [-0.15, -0.1) is 0 Å². The van der Waals surface area contributed by atoms with Crippen LogP contribution in [0.5, 0.6) is 0 Å². The van der Waals surface area contributed by atoms with Crippen LogP contribution >= 0.6 is 0 Å². The number of hydrazone groups is 1. The number of carboxylic acids is 1. The molecule has 0 saturated heterocycles. The maximum absolute atomic E-state index is 11.5. The molecule has 0 unspecified atom stereocenters. The van der Waals surface area contributed by atoms with Crippen LogP contribution in [0, 0.1) is 5.92 Å². The van der Waals surface area contributed by atoms with Gasteiger partial charge in [-0.25, -0.2) is 0 Å². The number of aliphatic carboxylic acids is 1. The van der Waals surface area contributed by atoms with Gasteiger partial charge in [-0.2, -0.15) is 5.10 Å². The van der Waals surface area contributed by atoms with Crippen LogP contribution in [0.2, 0.25) is 0 Å². The number of furan rings is 1. The molecule has 20 heavy (non-hydrogen) atoms. The van der Waals surface area contributed by atoms with Crippen LogP contribution in [0.3, 0.4) is 0 Å². The fraction of sp³-hybridized carbons (Fsp3) is 0.200. The largest absolute Gasteiger partial charge is 0.481 e. The molecule has 2 aromatic rings. The van der Waals surface area contributed by atoms with Gasteiger partial charge in [0, 0.05) is 0 Å². The summed E-state index contributed by atoms with van der Waals surface area (Å²) in [5.41, 5.74) is 1.33. The number of rotatable bonds is 3. The third-order valence-electron chi connectivity index (χ3n) is 3.44. The zero-order chi connectivity index (χ0) is 14.1. The van der Waals surface area contributed by atoms with E-state index in [-0.39, 0.29) is 6.04 Å². The van der Waals surface area contributed by atoms with E-state index < -0.39 is 11.9 Å². The lowest BCUT2D eigenvalue weighted by Crippen LogP contribution is -2.35. The minimum atomic E-state index is -0.897. The Balaban J connectivity index is 2.04. The highest BCUT2D eigenvalue weighted by atomic mass is 16.4. The minimum Gasteiger partial charge on any atom is -0.481 e. The first-order chi connectivity index (χ1) is 9.68. The van der Waals surface area contributed by atoms with Crippen molar-refractivity contribution in [2.75, 3.05) is 5.01 Å². The molecule has 0 fully saturated rings. The molecule has 1 aromatic heterocycles. The number of anilines is 1. The second-order valence-corrected chi connectivity index (χ2v) is 4.70. The summed E-state index contributed by atoms with van der Waals surface area (Å²) in [6.07, 6.45) is 1.52. The maximum Gasteiger partial charge on any atom is 0.315 e. The third kappa shape index (κ3) is 1.97. The van der Waals surface area contributed by atoms with Crippen LogP contribution in [-0.2, 0) is 4.79 Å². The van der Waals surface area contributed by atoms with Crippen LogP contribution in [0.4, 0.5) is 5.69 Å². The van der Waals surface area contributed by atoms with Crippen LogP contribution < -0.4 is 5.01 Å². The van der Waals surface area contributed by atoms with Crippen LogP contribution in [-0.4, -0.2) is 22.8 Å². The highest BCUT2D eigenvalue weighted by molar-refractivity contribution is 6.12. The summed E-state index contributed by atoms with van der Waals surface area (Å²) in [6, 6.07) is 12.7. The van der Waals surface area contributed by atoms with Crippen LogP contribution in [0.15, 0.2) is 58.2 Å². The molecule has 0 radical (unpaired) electrons. The van der Waals surface area contributed by atoms with Gasteiger partial charge in [0.1, 0.15) is 11.6 Å². The Morgan fingerprint density at radius 2 is 2.00 bits per heavy atom. The van der Waals surface area contributed by atoms with E-state index in [1.54, 1.807) is 17.1 Å². The molecule has 0 saturated carbocycles. The van der Waals surface area contributed by atoms with Crippen molar-refractivity contribution in [1.29, 1.82) is 0 Å². The minimum absolute atomic E-state index is 0.269. The number of hydrogen-bond acceptors (Lipinski definition) is 4. The molecule has 1 N–H and O–H groups in total. The second-order valence-electron chi connectivity index (χ2n) is 4.70. The molecular formula is C15H14N2O3. The molecule has 2 atom stereocenters. The molecule has 102 valence electrons. The summed E-state index contributed by atoms with van der Waals surface area (Å²) >= 11 is 0. The molecule has 1 aliphatic rings. The highest BCUT2D eigenvalue weighted by Crippen LogP contribution is 2.30. The number of hydrogen-bond donors (Lipinski definition) is 1. The lowest BCUT2D eigenvalue weighted by atomic mass is 9.95. The van der Waals surface area contributed by atoms with E-state index in [1.807, 2.05) is 37.3 Å². The molecule has 0 amide bonds. The molecule has 0 aliphatic carbocycles. The lowest BCUT2D eigenvalue weighted by Gasteiger charge is -2.22. The van der Waals surface area contributed by atoms with Crippen molar-refractivity contribution in [2.24, 2.45) is 11.0 Å². The van der Waals surface area contributed by atoms with Crippen molar-refractivity contribution in [3.05, 3.63) is 54.5 Å². The van der Waals surface area contributed by atoms with Gasteiger partial charge >= 0.3 is 5.97 Å². The van der Waals surface area contributed by atoms with Gasteiger partial charge in [-0.1, -0.05) is 18.2 Å². The van der Waals surface area contributed by atoms with E-state index in [1.165, 1.54) is 6.26 Å². The fourth-order valence-electron chi connectivity index (χ4n) is 2.46. The SMILES string of the molecule is C[C@@H]1[C@@H](C(=O)O)C(c2ccco2)=NN1c1ccccc1. The van der Waals surface area contributed by atoms with E-state index in [0.29, 0.717) is 11.5 Å². The number of benzene rings is 1. The van der Waals surface area contributed by atoms with E-state index in [2.05, 4.69) is 5.10 Å². The van der Waals surface area contributed by atoms with Crippen molar-refractivity contribution in [1.82, 2.24) is 0 Å². The van der Waals surface area contributed by atoms with Crippen molar-refractivity contribution < 1.29 is 14.3 Å². The van der Waals surface area contributed by atoms with E-state index in [4.69, 9.17) is 4.42 Å². The average molecular weight is 270 g/mol. The fourth-order valence-corrected chi connectivity index (χ4v) is 2.46. The topological polar surface area (TPSA) is 66.0 Å². The van der Waals surface area contributed by atoms with Gasteiger partial charge in [0.15, 0.2) is 5.76 Å². The molecular weight excluding hydrogens is 256 g/mol. The smallest absolute Gasteiger partial charge is 0.315 e. The molecule has 2 heterocycles. The second kappa shape index (κ2) is 4.85. The monoisotopic (exact) mass is 270 g/mol. The molecule has 3 rings (SSSR count). The van der Waals surface area contributed by atoms with Gasteiger partial charge < -0.3 is 9.52 Å². The predicted molar refractivity (Wildman–Crippen MR) is 74.8 cm³/mol. The molecule has 5 heteroatoms. The van der Waals surface area contributed by atoms with Crippen molar-refractivity contribution in [2.45, 2.75) is 13.0 Å². The summed E-state index contributed by atoms with van der Waals surface area (Å²) in [4.78, 5) is 11.5. The molecule has 1 aromatic carbocycles. The summed E-state index contributed by atoms with van der Waals surface area (Å²) in [6.45, 7) is 1.85. The highest BCUT2D eigenvalue weighted by Gasteiger charge is 2.41. The van der Waals surface area contributed by atoms with Gasteiger partial charge in [0.05, 0.1) is 18.0 Å². The average Bonchev–Trinajstić information content (AvgIpc) is 3.06. The maximum atomic E-state index is 11.5. The molecule has 0 bridgehead atoms. The Bertz CT molecular complexity index is 634. The first kappa shape index (κ1) is 12.5. The zero-order valence-electron chi connectivity index (χ0n) is 10.9. The molecule has 1 aliphatic heterocycles. The lowest BCUT2D eigenvalue weighted by molar-refractivity contribution is -0.139. The van der Waals surface area contributed by atoms with Crippen molar-refractivity contribution in [3.63, 3.8) is 0 Å². The first-order valence-corrected chi connectivity index (χ1v) is 6.38. The van der Waals surface area contributed by atoms with Gasteiger partial charge in [-0.05, 0) is 31.2 Å². The Morgan fingerprint density at radius 1 is 1.25 bits per heavy atom. The Morgan fingerprint density at radius 3 is 2.60 bits per heavy atom. The van der Waals surface area contributed by atoms with Crippen LogP contribution in [0.1, 0.15) is 12.7 Å². The number of nitrogens with zero attached hydrogens (tertiary/aromatic N) is 2. The van der Waals surface area contributed by atoms with Crippen molar-refractivity contribution >= 4 is 17.4 Å². The summed E-state index contributed by atoms with van der Waals surface area (Å²) in [7, 11) is 0. The van der Waals surface area contributed by atoms with E-state index >= 15 is 0 Å². The van der Waals surface area contributed by atoms with Gasteiger partial charge in [0.25, 0.3) is 0 Å². The quantitative estimate of drug-likeness (QED) is 0.931. The van der Waals surface area contributed by atoms with Gasteiger partial charge in [-0.3, -0.25) is 9.80 Å². The summed E-state index contributed by atoms with van der Waals surface area (Å²) < 4.78 is 5.31. The summed E-state index contributed by atoms with van der Waals surface area (Å²) in [5.74, 6) is -1.10. The number of para-hydroxylation sites is 1. The normalized spacial score (nSPS) is 21.9. The first-order valence-electron chi connectivity index (χ1n) is 6.38. The standard InChI is InChI=1S/C15H14N2O3/c1-10-13(15(18)19)14(12-8-5-9-20-12)16-17(10)11-6-3-2-4-7-11/h2-10,13H,1H3,(H,18,19)/t10-,13-/m1/s1. The number of carboxylic acid groups (broad SMARTS) is 1. The van der Waals surface area contributed by atoms with E-state index in [0.717, 1.165) is 5.69 Å². The zero-order valence-corrected chi connectivity index (χ0v) is 10.9. The van der Waals surface area contributed by atoms with E-state index in [9.17, 15) is 9.90 Å². The number of carbonyl (C=O) groups is 1. The Labute approximate surface area is 116 Å². The Kier molecular flexibility index (Phi) is 3.02. The molecule has 5 nitrogen and oxygen atoms in total. The predicted octanol–water partition coefficient (Wildman–Crippen LogP) is 2.59. The summed E-state index contributed by atoms with van der Waals surface area (Å²) in [5, 5.41) is 15.7. The van der Waals surface area contributed by atoms with Crippen LogP contribution in [0.25, 0.3) is 0 Å². The molecule has 0 spiro atoms. The third-order valence-corrected chi connectivity index (χ3v) is 3.44.